The number of morpholine rings is 1. The molecular formula is C11H22N2O2. The number of amides is 1. The molecule has 0 spiro atoms. The van der Waals surface area contributed by atoms with Gasteiger partial charge in [-0.05, 0) is 19.3 Å². The van der Waals surface area contributed by atoms with E-state index in [2.05, 4.69) is 13.8 Å². The first-order valence-electron chi connectivity index (χ1n) is 5.66. The molecule has 0 aliphatic carbocycles. The topological polar surface area (TPSA) is 55.6 Å². The Morgan fingerprint density at radius 1 is 1.60 bits per heavy atom. The van der Waals surface area contributed by atoms with E-state index in [0.717, 1.165) is 6.42 Å². The van der Waals surface area contributed by atoms with Gasteiger partial charge in [0.05, 0.1) is 18.8 Å². The van der Waals surface area contributed by atoms with Crippen LogP contribution in [0.15, 0.2) is 0 Å². The van der Waals surface area contributed by atoms with Crippen LogP contribution in [-0.2, 0) is 9.53 Å². The molecule has 1 amide bonds. The molecule has 88 valence electrons. The summed E-state index contributed by atoms with van der Waals surface area (Å²) in [5.74, 6) is 0.529. The average molecular weight is 214 g/mol. The maximum Gasteiger partial charge on any atom is 0.239 e. The van der Waals surface area contributed by atoms with Gasteiger partial charge in [0.1, 0.15) is 0 Å². The second-order valence-corrected chi connectivity index (χ2v) is 4.70. The van der Waals surface area contributed by atoms with E-state index < -0.39 is 0 Å². The van der Waals surface area contributed by atoms with E-state index in [0.29, 0.717) is 25.6 Å². The van der Waals surface area contributed by atoms with Crippen molar-refractivity contribution in [1.82, 2.24) is 4.90 Å². The fourth-order valence-corrected chi connectivity index (χ4v) is 1.86. The summed E-state index contributed by atoms with van der Waals surface area (Å²) < 4.78 is 5.38. The number of hydrogen-bond acceptors (Lipinski definition) is 3. The fourth-order valence-electron chi connectivity index (χ4n) is 1.86. The predicted octanol–water partition coefficient (Wildman–Crippen LogP) is 0.607. The number of rotatable bonds is 3. The summed E-state index contributed by atoms with van der Waals surface area (Å²) in [7, 11) is 0. The highest BCUT2D eigenvalue weighted by atomic mass is 16.5. The van der Waals surface area contributed by atoms with Crippen molar-refractivity contribution in [1.29, 1.82) is 0 Å². The molecule has 0 saturated carbocycles. The van der Waals surface area contributed by atoms with E-state index in [9.17, 15) is 4.79 Å². The van der Waals surface area contributed by atoms with Crippen molar-refractivity contribution in [2.45, 2.75) is 39.3 Å². The SMILES string of the molecule is CC(C)CC(N)C(=O)N1CCOC(C)C1. The number of carbonyl (C=O) groups is 1. The molecule has 0 aromatic heterocycles. The summed E-state index contributed by atoms with van der Waals surface area (Å²) >= 11 is 0. The molecule has 2 N–H and O–H groups in total. The van der Waals surface area contributed by atoms with Crippen LogP contribution in [0.2, 0.25) is 0 Å². The van der Waals surface area contributed by atoms with Crippen LogP contribution in [0.4, 0.5) is 0 Å². The Morgan fingerprint density at radius 2 is 2.27 bits per heavy atom. The Morgan fingerprint density at radius 3 is 2.80 bits per heavy atom. The molecule has 0 radical (unpaired) electrons. The van der Waals surface area contributed by atoms with Crippen LogP contribution in [0.3, 0.4) is 0 Å². The second kappa shape index (κ2) is 5.47. The monoisotopic (exact) mass is 214 g/mol. The number of carbonyl (C=O) groups excluding carboxylic acids is 1. The minimum absolute atomic E-state index is 0.0684. The van der Waals surface area contributed by atoms with Gasteiger partial charge in [0.2, 0.25) is 5.91 Å². The summed E-state index contributed by atoms with van der Waals surface area (Å²) in [5.41, 5.74) is 5.86. The lowest BCUT2D eigenvalue weighted by Gasteiger charge is -2.33. The maximum absolute atomic E-state index is 11.9. The molecule has 1 heterocycles. The minimum atomic E-state index is -0.352. The zero-order valence-corrected chi connectivity index (χ0v) is 9.90. The lowest BCUT2D eigenvalue weighted by Crippen LogP contribution is -2.51. The zero-order valence-electron chi connectivity index (χ0n) is 9.90. The molecule has 0 aromatic rings. The highest BCUT2D eigenvalue weighted by Crippen LogP contribution is 2.09. The lowest BCUT2D eigenvalue weighted by atomic mass is 10.0. The molecule has 1 saturated heterocycles. The first-order valence-corrected chi connectivity index (χ1v) is 5.66. The maximum atomic E-state index is 11.9. The van der Waals surface area contributed by atoms with Crippen molar-refractivity contribution < 1.29 is 9.53 Å². The van der Waals surface area contributed by atoms with E-state index >= 15 is 0 Å². The van der Waals surface area contributed by atoms with E-state index in [1.165, 1.54) is 0 Å². The molecule has 2 atom stereocenters. The van der Waals surface area contributed by atoms with Crippen LogP contribution < -0.4 is 5.73 Å². The standard InChI is InChI=1S/C11H22N2O2/c1-8(2)6-10(12)11(14)13-4-5-15-9(3)7-13/h8-10H,4-7,12H2,1-3H3. The Kier molecular flexibility index (Phi) is 4.54. The van der Waals surface area contributed by atoms with Crippen LogP contribution in [0.1, 0.15) is 27.2 Å². The van der Waals surface area contributed by atoms with Gasteiger partial charge in [-0.25, -0.2) is 0 Å². The first kappa shape index (κ1) is 12.5. The van der Waals surface area contributed by atoms with Gasteiger partial charge in [-0.2, -0.15) is 0 Å². The number of hydrogen-bond donors (Lipinski definition) is 1. The van der Waals surface area contributed by atoms with Gasteiger partial charge in [0.25, 0.3) is 0 Å². The fraction of sp³-hybridized carbons (Fsp3) is 0.909. The third kappa shape index (κ3) is 3.80. The van der Waals surface area contributed by atoms with Crippen molar-refractivity contribution in [3.8, 4) is 0 Å². The molecule has 1 rings (SSSR count). The molecule has 4 heteroatoms. The molecule has 1 aliphatic heterocycles. The van der Waals surface area contributed by atoms with E-state index in [-0.39, 0.29) is 18.1 Å². The van der Waals surface area contributed by atoms with E-state index in [4.69, 9.17) is 10.5 Å². The quantitative estimate of drug-likeness (QED) is 0.749. The van der Waals surface area contributed by atoms with Crippen molar-refractivity contribution in [2.75, 3.05) is 19.7 Å². The second-order valence-electron chi connectivity index (χ2n) is 4.70. The van der Waals surface area contributed by atoms with Gasteiger partial charge in [0, 0.05) is 13.1 Å². The van der Waals surface area contributed by atoms with E-state index in [1.54, 1.807) is 0 Å². The van der Waals surface area contributed by atoms with Crippen LogP contribution in [0.25, 0.3) is 0 Å². The minimum Gasteiger partial charge on any atom is -0.375 e. The molecule has 0 bridgehead atoms. The van der Waals surface area contributed by atoms with Crippen molar-refractivity contribution >= 4 is 5.91 Å². The summed E-state index contributed by atoms with van der Waals surface area (Å²) in [6.45, 7) is 8.11. The zero-order chi connectivity index (χ0) is 11.4. The van der Waals surface area contributed by atoms with Crippen LogP contribution in [0.5, 0.6) is 0 Å². The van der Waals surface area contributed by atoms with Crippen LogP contribution in [-0.4, -0.2) is 42.6 Å². The van der Waals surface area contributed by atoms with E-state index in [1.807, 2.05) is 11.8 Å². The molecule has 0 aromatic carbocycles. The van der Waals surface area contributed by atoms with Gasteiger partial charge in [-0.15, -0.1) is 0 Å². The third-order valence-corrected chi connectivity index (χ3v) is 2.60. The summed E-state index contributed by atoms with van der Waals surface area (Å²) in [6, 6.07) is -0.352. The van der Waals surface area contributed by atoms with Gasteiger partial charge in [-0.1, -0.05) is 13.8 Å². The highest BCUT2D eigenvalue weighted by molar-refractivity contribution is 5.81. The summed E-state index contributed by atoms with van der Waals surface area (Å²) in [5, 5.41) is 0. The summed E-state index contributed by atoms with van der Waals surface area (Å²) in [6.07, 6.45) is 0.888. The number of ether oxygens (including phenoxy) is 1. The largest absolute Gasteiger partial charge is 0.375 e. The number of nitrogens with zero attached hydrogens (tertiary/aromatic N) is 1. The predicted molar refractivity (Wildman–Crippen MR) is 59.4 cm³/mol. The Hall–Kier alpha value is -0.610. The molecule has 4 nitrogen and oxygen atoms in total. The van der Waals surface area contributed by atoms with Crippen LogP contribution >= 0.6 is 0 Å². The average Bonchev–Trinajstić information content (AvgIpc) is 2.15. The molecule has 15 heavy (non-hydrogen) atoms. The van der Waals surface area contributed by atoms with Gasteiger partial charge < -0.3 is 15.4 Å². The molecule has 1 aliphatic rings. The first-order chi connectivity index (χ1) is 7.00. The van der Waals surface area contributed by atoms with Gasteiger partial charge in [-0.3, -0.25) is 4.79 Å². The molecular weight excluding hydrogens is 192 g/mol. The Bertz CT molecular complexity index is 219. The van der Waals surface area contributed by atoms with Gasteiger partial charge in [0.15, 0.2) is 0 Å². The normalized spacial score (nSPS) is 24.3. The highest BCUT2D eigenvalue weighted by Gasteiger charge is 2.25. The Balaban J connectivity index is 2.44. The van der Waals surface area contributed by atoms with Crippen molar-refractivity contribution in [3.63, 3.8) is 0 Å². The molecule has 1 fully saturated rings. The van der Waals surface area contributed by atoms with Gasteiger partial charge >= 0.3 is 0 Å². The number of nitrogens with two attached hydrogens (primary N) is 1. The van der Waals surface area contributed by atoms with Crippen molar-refractivity contribution in [3.05, 3.63) is 0 Å². The smallest absolute Gasteiger partial charge is 0.239 e. The summed E-state index contributed by atoms with van der Waals surface area (Å²) in [4.78, 5) is 13.7. The van der Waals surface area contributed by atoms with Crippen molar-refractivity contribution in [2.24, 2.45) is 11.7 Å². The molecule has 2 unspecified atom stereocenters. The van der Waals surface area contributed by atoms with Crippen LogP contribution in [0, 0.1) is 5.92 Å². The lowest BCUT2D eigenvalue weighted by molar-refractivity contribution is -0.139. The Labute approximate surface area is 91.8 Å². The third-order valence-electron chi connectivity index (χ3n) is 2.60.